The third kappa shape index (κ3) is 2.73. The summed E-state index contributed by atoms with van der Waals surface area (Å²) in [6.07, 6.45) is 2.45. The van der Waals surface area contributed by atoms with Gasteiger partial charge in [0, 0.05) is 19.3 Å². The van der Waals surface area contributed by atoms with Crippen LogP contribution in [-0.4, -0.2) is 49.6 Å². The number of rotatable bonds is 4. The van der Waals surface area contributed by atoms with Gasteiger partial charge in [0.1, 0.15) is 6.04 Å². The van der Waals surface area contributed by atoms with E-state index in [0.29, 0.717) is 17.8 Å². The smallest absolute Gasteiger partial charge is 0.264 e. The topological polar surface area (TPSA) is 138 Å². The number of nitriles is 1. The van der Waals surface area contributed by atoms with E-state index in [4.69, 9.17) is 5.26 Å². The van der Waals surface area contributed by atoms with Crippen molar-refractivity contribution < 1.29 is 19.2 Å². The highest BCUT2D eigenvalue weighted by atomic mass is 16.2. The Balaban J connectivity index is 1.70. The van der Waals surface area contributed by atoms with Gasteiger partial charge >= 0.3 is 0 Å². The summed E-state index contributed by atoms with van der Waals surface area (Å²) in [6, 6.07) is 5.75. The molecule has 2 aliphatic rings. The van der Waals surface area contributed by atoms with Crippen LogP contribution in [0.15, 0.2) is 24.4 Å². The number of hydrogen-bond acceptors (Lipinski definition) is 7. The van der Waals surface area contributed by atoms with Gasteiger partial charge in [-0.1, -0.05) is 11.3 Å². The van der Waals surface area contributed by atoms with Crippen LogP contribution in [0.4, 0.5) is 0 Å². The monoisotopic (exact) mass is 378 g/mol. The highest BCUT2D eigenvalue weighted by Crippen LogP contribution is 2.31. The van der Waals surface area contributed by atoms with Crippen LogP contribution in [0.2, 0.25) is 0 Å². The zero-order chi connectivity index (χ0) is 19.8. The van der Waals surface area contributed by atoms with Gasteiger partial charge in [-0.3, -0.25) is 29.4 Å². The predicted molar refractivity (Wildman–Crippen MR) is 92.0 cm³/mol. The van der Waals surface area contributed by atoms with Crippen molar-refractivity contribution in [2.45, 2.75) is 31.7 Å². The number of hydrogen-bond donors (Lipinski definition) is 1. The van der Waals surface area contributed by atoms with Crippen LogP contribution in [-0.2, 0) is 16.0 Å². The average Bonchev–Trinajstić information content (AvgIpc) is 3.24. The summed E-state index contributed by atoms with van der Waals surface area (Å²) in [4.78, 5) is 50.3. The highest BCUT2D eigenvalue weighted by Gasteiger charge is 2.45. The Hall–Kier alpha value is -3.87. The van der Waals surface area contributed by atoms with Gasteiger partial charge in [0.15, 0.2) is 0 Å². The number of aromatic nitrogens is 3. The molecule has 4 amide bonds. The largest absolute Gasteiger partial charge is 0.295 e. The fourth-order valence-corrected chi connectivity index (χ4v) is 3.40. The molecule has 0 spiro atoms. The molecule has 28 heavy (non-hydrogen) atoms. The van der Waals surface area contributed by atoms with Gasteiger partial charge in [-0.25, -0.2) is 4.68 Å². The number of benzene rings is 1. The van der Waals surface area contributed by atoms with E-state index < -0.39 is 29.7 Å². The number of amides is 4. The number of imide groups is 2. The molecule has 1 atom stereocenters. The molecule has 0 aliphatic carbocycles. The van der Waals surface area contributed by atoms with Gasteiger partial charge in [0.25, 0.3) is 11.8 Å². The van der Waals surface area contributed by atoms with Crippen molar-refractivity contribution in [1.29, 1.82) is 5.26 Å². The first-order chi connectivity index (χ1) is 13.5. The summed E-state index contributed by atoms with van der Waals surface area (Å²) in [5, 5.41) is 18.8. The number of carbonyl (C=O) groups excluding carboxylic acids is 4. The molecular formula is C18H14N6O4. The SMILES string of the molecule is N#CCCc1cn(-c2cccc3c2C(=O)N(C2CCC(=O)NC2=O)C3=O)nn1. The first-order valence-corrected chi connectivity index (χ1v) is 8.64. The van der Waals surface area contributed by atoms with Crippen molar-refractivity contribution in [3.8, 4) is 11.8 Å². The third-order valence-corrected chi connectivity index (χ3v) is 4.73. The maximum absolute atomic E-state index is 13.0. The van der Waals surface area contributed by atoms with E-state index in [1.165, 1.54) is 10.7 Å². The Kier molecular flexibility index (Phi) is 4.19. The number of fused-ring (bicyclic) bond motifs is 1. The summed E-state index contributed by atoms with van der Waals surface area (Å²) in [7, 11) is 0. The van der Waals surface area contributed by atoms with Gasteiger partial charge in [0.05, 0.1) is 34.8 Å². The van der Waals surface area contributed by atoms with E-state index in [2.05, 4.69) is 15.6 Å². The summed E-state index contributed by atoms with van der Waals surface area (Å²) in [5.74, 6) is -2.28. The molecular weight excluding hydrogens is 364 g/mol. The average molecular weight is 378 g/mol. The number of carbonyl (C=O) groups is 4. The highest BCUT2D eigenvalue weighted by molar-refractivity contribution is 6.24. The lowest BCUT2D eigenvalue weighted by Gasteiger charge is -2.27. The molecule has 1 N–H and O–H groups in total. The number of nitrogens with one attached hydrogen (secondary N) is 1. The summed E-state index contributed by atoms with van der Waals surface area (Å²) >= 11 is 0. The van der Waals surface area contributed by atoms with E-state index in [1.54, 1.807) is 18.3 Å². The first kappa shape index (κ1) is 17.5. The van der Waals surface area contributed by atoms with Crippen LogP contribution >= 0.6 is 0 Å². The Bertz CT molecular complexity index is 1070. The molecule has 10 heteroatoms. The van der Waals surface area contributed by atoms with E-state index in [1.807, 2.05) is 6.07 Å². The summed E-state index contributed by atoms with van der Waals surface area (Å²) in [6.45, 7) is 0. The van der Waals surface area contributed by atoms with Crippen molar-refractivity contribution in [2.24, 2.45) is 0 Å². The van der Waals surface area contributed by atoms with Crippen molar-refractivity contribution in [3.63, 3.8) is 0 Å². The van der Waals surface area contributed by atoms with E-state index in [9.17, 15) is 19.2 Å². The molecule has 10 nitrogen and oxygen atoms in total. The first-order valence-electron chi connectivity index (χ1n) is 8.64. The second kappa shape index (κ2) is 6.70. The molecule has 0 radical (unpaired) electrons. The molecule has 2 aliphatic heterocycles. The van der Waals surface area contributed by atoms with Crippen LogP contribution in [0.25, 0.3) is 5.69 Å². The van der Waals surface area contributed by atoms with E-state index in [0.717, 1.165) is 4.90 Å². The molecule has 4 rings (SSSR count). The molecule has 3 heterocycles. The molecule has 0 bridgehead atoms. The van der Waals surface area contributed by atoms with Crippen LogP contribution < -0.4 is 5.32 Å². The van der Waals surface area contributed by atoms with Crippen LogP contribution in [0.5, 0.6) is 0 Å². The number of aryl methyl sites for hydroxylation is 1. The maximum atomic E-state index is 13.0. The lowest BCUT2D eigenvalue weighted by Crippen LogP contribution is -2.54. The second-order valence-electron chi connectivity index (χ2n) is 6.46. The lowest BCUT2D eigenvalue weighted by atomic mass is 10.0. The quantitative estimate of drug-likeness (QED) is 0.746. The number of piperidine rings is 1. The second-order valence-corrected chi connectivity index (χ2v) is 6.46. The minimum atomic E-state index is -1.03. The van der Waals surface area contributed by atoms with Crippen LogP contribution in [0.3, 0.4) is 0 Å². The van der Waals surface area contributed by atoms with E-state index >= 15 is 0 Å². The molecule has 0 saturated carbocycles. The van der Waals surface area contributed by atoms with Gasteiger partial charge in [-0.2, -0.15) is 5.26 Å². The van der Waals surface area contributed by atoms with Crippen molar-refractivity contribution in [1.82, 2.24) is 25.2 Å². The maximum Gasteiger partial charge on any atom is 0.264 e. The van der Waals surface area contributed by atoms with Gasteiger partial charge in [0.2, 0.25) is 11.8 Å². The summed E-state index contributed by atoms with van der Waals surface area (Å²) in [5.41, 5.74) is 1.24. The van der Waals surface area contributed by atoms with Gasteiger partial charge in [-0.05, 0) is 18.6 Å². The fraction of sp³-hybridized carbons (Fsp3) is 0.278. The standard InChI is InChI=1S/C18H14N6O4/c19-8-2-3-10-9-23(22-21-10)12-5-1-4-11-15(12)18(28)24(17(11)27)13-6-7-14(25)20-16(13)26/h1,4-5,9,13H,2-3,6-7H2,(H,20,25,26). The van der Waals surface area contributed by atoms with Gasteiger partial charge in [-0.15, -0.1) is 5.10 Å². The van der Waals surface area contributed by atoms with Crippen LogP contribution in [0, 0.1) is 11.3 Å². The zero-order valence-corrected chi connectivity index (χ0v) is 14.6. The molecule has 1 aromatic heterocycles. The van der Waals surface area contributed by atoms with Crippen molar-refractivity contribution in [2.75, 3.05) is 0 Å². The Morgan fingerprint density at radius 3 is 2.79 bits per heavy atom. The van der Waals surface area contributed by atoms with Crippen molar-refractivity contribution in [3.05, 3.63) is 41.2 Å². The minimum Gasteiger partial charge on any atom is -0.295 e. The molecule has 1 saturated heterocycles. The zero-order valence-electron chi connectivity index (χ0n) is 14.6. The Morgan fingerprint density at radius 2 is 2.04 bits per heavy atom. The lowest BCUT2D eigenvalue weighted by molar-refractivity contribution is -0.136. The number of nitrogens with zero attached hydrogens (tertiary/aromatic N) is 5. The molecule has 1 unspecified atom stereocenters. The molecule has 1 aromatic carbocycles. The molecule has 140 valence electrons. The summed E-state index contributed by atoms with van der Waals surface area (Å²) < 4.78 is 1.38. The predicted octanol–water partition coefficient (Wildman–Crippen LogP) is 0.125. The van der Waals surface area contributed by atoms with Gasteiger partial charge < -0.3 is 0 Å². The third-order valence-electron chi connectivity index (χ3n) is 4.73. The van der Waals surface area contributed by atoms with Crippen molar-refractivity contribution >= 4 is 23.6 Å². The van der Waals surface area contributed by atoms with E-state index in [-0.39, 0.29) is 30.4 Å². The normalized spacial score (nSPS) is 18.8. The molecule has 2 aromatic rings. The minimum absolute atomic E-state index is 0.0575. The Morgan fingerprint density at radius 1 is 1.21 bits per heavy atom. The Labute approximate surface area is 158 Å². The van der Waals surface area contributed by atoms with Crippen LogP contribution in [0.1, 0.15) is 45.7 Å². The molecule has 1 fully saturated rings. The fourth-order valence-electron chi connectivity index (χ4n) is 3.40.